The highest BCUT2D eigenvalue weighted by atomic mass is 14.7. The molecule has 1 nitrogen and oxygen atoms in total. The van der Waals surface area contributed by atoms with E-state index < -0.39 is 0 Å². The van der Waals surface area contributed by atoms with Gasteiger partial charge in [0, 0.05) is 6.21 Å². The summed E-state index contributed by atoms with van der Waals surface area (Å²) in [6.07, 6.45) is 9.39. The summed E-state index contributed by atoms with van der Waals surface area (Å²) in [7, 11) is 0. The van der Waals surface area contributed by atoms with Crippen molar-refractivity contribution in [3.05, 3.63) is 76.4 Å². The van der Waals surface area contributed by atoms with Gasteiger partial charge in [-0.3, -0.25) is 4.99 Å². The molecule has 0 N–H and O–H groups in total. The van der Waals surface area contributed by atoms with Crippen LogP contribution in [0, 0.1) is 13.8 Å². The van der Waals surface area contributed by atoms with E-state index in [-0.39, 0.29) is 0 Å². The number of aliphatic imine (C=N–C) groups is 1. The lowest BCUT2D eigenvalue weighted by molar-refractivity contribution is 1.00. The van der Waals surface area contributed by atoms with Crippen LogP contribution in [0.2, 0.25) is 0 Å². The summed E-state index contributed by atoms with van der Waals surface area (Å²) in [6, 6.07) is 6.59. The third kappa shape index (κ3) is 6.16. The largest absolute Gasteiger partial charge is 0.288 e. The van der Waals surface area contributed by atoms with Gasteiger partial charge in [-0.25, -0.2) is 0 Å². The van der Waals surface area contributed by atoms with Crippen molar-refractivity contribution in [2.24, 2.45) is 4.99 Å². The highest BCUT2D eigenvalue weighted by Crippen LogP contribution is 2.18. The Balaban J connectivity index is 2.97. The van der Waals surface area contributed by atoms with Crippen LogP contribution in [0.4, 0.5) is 0 Å². The fourth-order valence-corrected chi connectivity index (χ4v) is 2.26. The molecule has 0 atom stereocenters. The second-order valence-corrected chi connectivity index (χ2v) is 6.32. The monoisotopic (exact) mass is 321 g/mol. The zero-order chi connectivity index (χ0) is 18.1. The van der Waals surface area contributed by atoms with Gasteiger partial charge in [0.25, 0.3) is 0 Å². The molecule has 0 fully saturated rings. The van der Waals surface area contributed by atoms with Gasteiger partial charge in [0.05, 0.1) is 6.54 Å². The van der Waals surface area contributed by atoms with E-state index >= 15 is 0 Å². The molecule has 1 aromatic carbocycles. The molecular weight excluding hydrogens is 290 g/mol. The first-order chi connectivity index (χ1) is 11.4. The molecule has 128 valence electrons. The smallest absolute Gasteiger partial charge is 0.0599 e. The standard InChI is InChI=1S/C23H31N/c1-8-21(9-2)15-24-16-23(17(3)4)13-11-19(6)22-12-10-18(5)20(7)14-22/h8,10-14,16H,3,9,15H2,1-2,4-7H3/b19-11+,21-8-,23-13-,24-16-. The van der Waals surface area contributed by atoms with Crippen LogP contribution in [-0.4, -0.2) is 12.8 Å². The lowest BCUT2D eigenvalue weighted by atomic mass is 10.0. The summed E-state index contributed by atoms with van der Waals surface area (Å²) < 4.78 is 0. The Morgan fingerprint density at radius 2 is 1.83 bits per heavy atom. The van der Waals surface area contributed by atoms with E-state index in [1.807, 2.05) is 13.1 Å². The Morgan fingerprint density at radius 3 is 2.38 bits per heavy atom. The zero-order valence-electron chi connectivity index (χ0n) is 16.1. The molecule has 0 spiro atoms. The van der Waals surface area contributed by atoms with Crippen molar-refractivity contribution >= 4 is 11.8 Å². The molecule has 0 bridgehead atoms. The summed E-state index contributed by atoms with van der Waals surface area (Å²) in [5.41, 5.74) is 8.61. The molecule has 0 saturated heterocycles. The first-order valence-corrected chi connectivity index (χ1v) is 8.65. The Hall–Kier alpha value is -2.15. The number of benzene rings is 1. The predicted octanol–water partition coefficient (Wildman–Crippen LogP) is 6.64. The minimum absolute atomic E-state index is 0.761. The van der Waals surface area contributed by atoms with Crippen molar-refractivity contribution in [3.8, 4) is 0 Å². The first-order valence-electron chi connectivity index (χ1n) is 8.65. The topological polar surface area (TPSA) is 12.4 Å². The van der Waals surface area contributed by atoms with E-state index in [4.69, 9.17) is 0 Å². The maximum absolute atomic E-state index is 4.56. The normalized spacial score (nSPS) is 13.7. The minimum Gasteiger partial charge on any atom is -0.288 e. The third-order valence-electron chi connectivity index (χ3n) is 4.36. The fourth-order valence-electron chi connectivity index (χ4n) is 2.26. The van der Waals surface area contributed by atoms with E-state index in [0.29, 0.717) is 0 Å². The molecule has 0 unspecified atom stereocenters. The van der Waals surface area contributed by atoms with Crippen molar-refractivity contribution < 1.29 is 0 Å². The summed E-state index contributed by atoms with van der Waals surface area (Å²) in [5.74, 6) is 0. The van der Waals surface area contributed by atoms with Gasteiger partial charge in [-0.15, -0.1) is 0 Å². The zero-order valence-corrected chi connectivity index (χ0v) is 16.1. The van der Waals surface area contributed by atoms with Gasteiger partial charge in [0.2, 0.25) is 0 Å². The molecule has 0 amide bonds. The second-order valence-electron chi connectivity index (χ2n) is 6.32. The third-order valence-corrected chi connectivity index (χ3v) is 4.36. The summed E-state index contributed by atoms with van der Waals surface area (Å²) in [6.45, 7) is 17.5. The number of rotatable bonds is 7. The van der Waals surface area contributed by atoms with Gasteiger partial charge in [-0.2, -0.15) is 0 Å². The van der Waals surface area contributed by atoms with Crippen LogP contribution in [0.25, 0.3) is 5.57 Å². The molecule has 1 aromatic rings. The van der Waals surface area contributed by atoms with Crippen LogP contribution >= 0.6 is 0 Å². The van der Waals surface area contributed by atoms with Crippen molar-refractivity contribution in [1.29, 1.82) is 0 Å². The number of hydrogen-bond acceptors (Lipinski definition) is 1. The molecule has 0 aliphatic carbocycles. The van der Waals surface area contributed by atoms with Gasteiger partial charge in [-0.05, 0) is 74.4 Å². The Labute approximate surface area is 148 Å². The molecule has 0 aliphatic heterocycles. The quantitative estimate of drug-likeness (QED) is 0.303. The van der Waals surface area contributed by atoms with E-state index in [1.54, 1.807) is 0 Å². The average molecular weight is 322 g/mol. The maximum atomic E-state index is 4.56. The molecule has 24 heavy (non-hydrogen) atoms. The summed E-state index contributed by atoms with van der Waals surface area (Å²) in [5, 5.41) is 0. The molecule has 0 aliphatic rings. The fraction of sp³-hybridized carbons (Fsp3) is 0.348. The van der Waals surface area contributed by atoms with Crippen LogP contribution in [0.5, 0.6) is 0 Å². The maximum Gasteiger partial charge on any atom is 0.0599 e. The minimum atomic E-state index is 0.761. The average Bonchev–Trinajstić information content (AvgIpc) is 2.56. The lowest BCUT2D eigenvalue weighted by Crippen LogP contribution is -1.91. The van der Waals surface area contributed by atoms with Gasteiger partial charge in [-0.1, -0.05) is 55.5 Å². The second kappa shape index (κ2) is 9.87. The van der Waals surface area contributed by atoms with Gasteiger partial charge < -0.3 is 0 Å². The Morgan fingerprint density at radius 1 is 1.12 bits per heavy atom. The highest BCUT2D eigenvalue weighted by molar-refractivity contribution is 5.85. The van der Waals surface area contributed by atoms with Gasteiger partial charge >= 0.3 is 0 Å². The summed E-state index contributed by atoms with van der Waals surface area (Å²) >= 11 is 0. The van der Waals surface area contributed by atoms with Crippen molar-refractivity contribution in [2.45, 2.75) is 48.0 Å². The van der Waals surface area contributed by atoms with Crippen LogP contribution in [0.1, 0.15) is 50.8 Å². The highest BCUT2D eigenvalue weighted by Gasteiger charge is 1.99. The van der Waals surface area contributed by atoms with Crippen molar-refractivity contribution in [3.63, 3.8) is 0 Å². The SMILES string of the molecule is C=C(C)C(/C=N\C/C(=C\C)CC)=C\C=C(/C)c1ccc(C)c(C)c1. The Bertz CT molecular complexity index is 697. The van der Waals surface area contributed by atoms with Crippen LogP contribution in [0.3, 0.4) is 0 Å². The lowest BCUT2D eigenvalue weighted by Gasteiger charge is -2.06. The van der Waals surface area contributed by atoms with E-state index in [0.717, 1.165) is 24.1 Å². The first kappa shape index (κ1) is 19.9. The van der Waals surface area contributed by atoms with Crippen LogP contribution < -0.4 is 0 Å². The van der Waals surface area contributed by atoms with E-state index in [1.165, 1.54) is 27.8 Å². The molecular formula is C23H31N. The van der Waals surface area contributed by atoms with E-state index in [9.17, 15) is 0 Å². The van der Waals surface area contributed by atoms with Crippen LogP contribution in [0.15, 0.2) is 64.7 Å². The predicted molar refractivity (Wildman–Crippen MR) is 110 cm³/mol. The molecule has 1 heteroatoms. The van der Waals surface area contributed by atoms with E-state index in [2.05, 4.69) is 82.6 Å². The molecule has 1 rings (SSSR count). The number of allylic oxidation sites excluding steroid dienone is 6. The molecule has 0 saturated carbocycles. The molecule has 0 heterocycles. The van der Waals surface area contributed by atoms with Crippen molar-refractivity contribution in [1.82, 2.24) is 0 Å². The number of aryl methyl sites for hydroxylation is 2. The van der Waals surface area contributed by atoms with Gasteiger partial charge in [0.1, 0.15) is 0 Å². The van der Waals surface area contributed by atoms with Crippen molar-refractivity contribution in [2.75, 3.05) is 6.54 Å². The molecule has 0 radical (unpaired) electrons. The van der Waals surface area contributed by atoms with Gasteiger partial charge in [0.15, 0.2) is 0 Å². The number of nitrogens with zero attached hydrogens (tertiary/aromatic N) is 1. The number of hydrogen-bond donors (Lipinski definition) is 0. The van der Waals surface area contributed by atoms with Crippen LogP contribution in [-0.2, 0) is 0 Å². The summed E-state index contributed by atoms with van der Waals surface area (Å²) in [4.78, 5) is 4.56. The molecule has 0 aromatic heterocycles. The Kier molecular flexibility index (Phi) is 8.18.